The molecule has 1 N–H and O–H groups in total. The fourth-order valence-electron chi connectivity index (χ4n) is 2.87. The Morgan fingerprint density at radius 3 is 1.62 bits per heavy atom. The summed E-state index contributed by atoms with van der Waals surface area (Å²) in [7, 11) is -3.13. The molecule has 0 heterocycles. The van der Waals surface area contributed by atoms with Gasteiger partial charge in [0.15, 0.2) is 7.14 Å². The lowest BCUT2D eigenvalue weighted by atomic mass is 10.2. The maximum atomic E-state index is 14.0. The van der Waals surface area contributed by atoms with Gasteiger partial charge in [-0.3, -0.25) is 4.90 Å². The summed E-state index contributed by atoms with van der Waals surface area (Å²) in [6, 6.07) is 27.6. The number of carboxylic acid groups (broad SMARTS) is 1. The first-order valence-electron chi connectivity index (χ1n) is 8.32. The topological polar surface area (TPSA) is 57.6 Å². The van der Waals surface area contributed by atoms with E-state index in [2.05, 4.69) is 0 Å². The van der Waals surface area contributed by atoms with Gasteiger partial charge in [-0.05, 0) is 5.56 Å². The second kappa shape index (κ2) is 8.03. The van der Waals surface area contributed by atoms with Crippen LogP contribution < -0.4 is 10.6 Å². The van der Waals surface area contributed by atoms with Gasteiger partial charge in [-0.2, -0.15) is 0 Å². The van der Waals surface area contributed by atoms with E-state index >= 15 is 0 Å². The van der Waals surface area contributed by atoms with Crippen LogP contribution in [-0.4, -0.2) is 22.4 Å². The third-order valence-corrected chi connectivity index (χ3v) is 7.21. The number of hydrogen-bond acceptors (Lipinski definition) is 2. The predicted molar refractivity (Wildman–Crippen MR) is 105 cm³/mol. The van der Waals surface area contributed by atoms with E-state index in [-0.39, 0.29) is 12.8 Å². The van der Waals surface area contributed by atoms with Crippen LogP contribution in [-0.2, 0) is 11.1 Å². The molecular formula is C21H20NO3P. The van der Waals surface area contributed by atoms with Crippen LogP contribution in [0.1, 0.15) is 5.56 Å². The zero-order chi connectivity index (χ0) is 18.4. The molecule has 3 aromatic rings. The van der Waals surface area contributed by atoms with Crippen molar-refractivity contribution in [2.45, 2.75) is 6.54 Å². The molecule has 0 aromatic heterocycles. The minimum absolute atomic E-state index is 0.0642. The summed E-state index contributed by atoms with van der Waals surface area (Å²) in [6.07, 6.45) is -1.15. The van der Waals surface area contributed by atoms with Crippen LogP contribution in [0.2, 0.25) is 0 Å². The Balaban J connectivity index is 1.99. The number of hydrogen-bond donors (Lipinski definition) is 1. The van der Waals surface area contributed by atoms with Gasteiger partial charge in [0.1, 0.15) is 0 Å². The molecule has 0 bridgehead atoms. The van der Waals surface area contributed by atoms with Gasteiger partial charge in [0, 0.05) is 17.2 Å². The average molecular weight is 365 g/mol. The summed E-state index contributed by atoms with van der Waals surface area (Å²) in [6.45, 7) is 0.194. The van der Waals surface area contributed by atoms with Gasteiger partial charge in [0.25, 0.3) is 0 Å². The van der Waals surface area contributed by atoms with Crippen LogP contribution in [0, 0.1) is 0 Å². The molecule has 26 heavy (non-hydrogen) atoms. The molecule has 1 amide bonds. The molecule has 0 aliphatic heterocycles. The van der Waals surface area contributed by atoms with Crippen molar-refractivity contribution in [2.75, 3.05) is 6.29 Å². The minimum atomic E-state index is -3.13. The lowest BCUT2D eigenvalue weighted by molar-refractivity contribution is 0.150. The second-order valence-electron chi connectivity index (χ2n) is 6.02. The fourth-order valence-corrected chi connectivity index (χ4v) is 5.51. The molecule has 4 nitrogen and oxygen atoms in total. The molecule has 132 valence electrons. The van der Waals surface area contributed by atoms with Gasteiger partial charge >= 0.3 is 6.09 Å². The standard InChI is InChI=1S/C21H20NO3P/c23-21(24)22(16-18-10-4-1-5-11-18)17-26(25,19-12-6-2-7-13-19)20-14-8-3-9-15-20/h1-15H,16-17H2,(H,23,24). The van der Waals surface area contributed by atoms with Gasteiger partial charge in [0.05, 0.1) is 6.29 Å². The van der Waals surface area contributed by atoms with Crippen molar-refractivity contribution in [3.63, 3.8) is 0 Å². The van der Waals surface area contributed by atoms with E-state index < -0.39 is 13.2 Å². The van der Waals surface area contributed by atoms with Crippen LogP contribution in [0.5, 0.6) is 0 Å². The van der Waals surface area contributed by atoms with Crippen LogP contribution >= 0.6 is 7.14 Å². The molecular weight excluding hydrogens is 345 g/mol. The Hall–Kier alpha value is -2.84. The van der Waals surface area contributed by atoms with E-state index in [1.807, 2.05) is 66.7 Å². The van der Waals surface area contributed by atoms with E-state index in [0.717, 1.165) is 5.56 Å². The highest BCUT2D eigenvalue weighted by Gasteiger charge is 2.31. The number of nitrogens with zero attached hydrogens (tertiary/aromatic N) is 1. The smallest absolute Gasteiger partial charge is 0.408 e. The SMILES string of the molecule is O=C(O)N(Cc1ccccc1)CP(=O)(c1ccccc1)c1ccccc1. The molecule has 0 spiro atoms. The Kier molecular flexibility index (Phi) is 5.55. The van der Waals surface area contributed by atoms with Crippen LogP contribution in [0.15, 0.2) is 91.0 Å². The quantitative estimate of drug-likeness (QED) is 0.668. The van der Waals surface area contributed by atoms with Crippen molar-refractivity contribution in [3.8, 4) is 0 Å². The van der Waals surface area contributed by atoms with E-state index in [0.29, 0.717) is 10.6 Å². The van der Waals surface area contributed by atoms with Crippen molar-refractivity contribution in [3.05, 3.63) is 96.6 Å². The van der Waals surface area contributed by atoms with E-state index in [1.165, 1.54) is 4.90 Å². The molecule has 5 heteroatoms. The molecule has 0 unspecified atom stereocenters. The lowest BCUT2D eigenvalue weighted by Crippen LogP contribution is -2.34. The third-order valence-electron chi connectivity index (χ3n) is 4.20. The van der Waals surface area contributed by atoms with Gasteiger partial charge < -0.3 is 9.67 Å². The molecule has 3 rings (SSSR count). The summed E-state index contributed by atoms with van der Waals surface area (Å²) < 4.78 is 14.0. The predicted octanol–water partition coefficient (Wildman–Crippen LogP) is 4.14. The summed E-state index contributed by atoms with van der Waals surface area (Å²) in [5.41, 5.74) is 0.863. The summed E-state index contributed by atoms with van der Waals surface area (Å²) in [4.78, 5) is 13.1. The van der Waals surface area contributed by atoms with Crippen LogP contribution in [0.4, 0.5) is 4.79 Å². The molecule has 3 aromatic carbocycles. The molecule has 0 radical (unpaired) electrons. The number of rotatable bonds is 6. The van der Waals surface area contributed by atoms with Gasteiger partial charge in [-0.25, -0.2) is 4.79 Å². The summed E-state index contributed by atoms with van der Waals surface area (Å²) in [5, 5.41) is 11.0. The van der Waals surface area contributed by atoms with Crippen molar-refractivity contribution >= 4 is 23.8 Å². The highest BCUT2D eigenvalue weighted by molar-refractivity contribution is 7.78. The van der Waals surface area contributed by atoms with Crippen molar-refractivity contribution in [1.29, 1.82) is 0 Å². The van der Waals surface area contributed by atoms with Gasteiger partial charge in [0.2, 0.25) is 0 Å². The molecule has 0 fully saturated rings. The lowest BCUT2D eigenvalue weighted by Gasteiger charge is -2.26. The first-order valence-corrected chi connectivity index (χ1v) is 10.2. The molecule has 0 aliphatic carbocycles. The maximum absolute atomic E-state index is 14.0. The van der Waals surface area contributed by atoms with Gasteiger partial charge in [-0.15, -0.1) is 0 Å². The van der Waals surface area contributed by atoms with Crippen LogP contribution in [0.3, 0.4) is 0 Å². The number of carbonyl (C=O) groups is 1. The zero-order valence-corrected chi connectivity index (χ0v) is 15.1. The molecule has 0 saturated heterocycles. The highest BCUT2D eigenvalue weighted by atomic mass is 31.2. The molecule has 0 saturated carbocycles. The van der Waals surface area contributed by atoms with E-state index in [4.69, 9.17) is 0 Å². The second-order valence-corrected chi connectivity index (χ2v) is 8.81. The fraction of sp³-hybridized carbons (Fsp3) is 0.0952. The Morgan fingerprint density at radius 1 is 0.769 bits per heavy atom. The van der Waals surface area contributed by atoms with E-state index in [1.54, 1.807) is 24.3 Å². The number of amides is 1. The third kappa shape index (κ3) is 4.04. The minimum Gasteiger partial charge on any atom is -0.465 e. The Bertz CT molecular complexity index is 855. The monoisotopic (exact) mass is 365 g/mol. The Labute approximate surface area is 153 Å². The normalized spacial score (nSPS) is 11.1. The summed E-state index contributed by atoms with van der Waals surface area (Å²) >= 11 is 0. The number of benzene rings is 3. The molecule has 0 aliphatic rings. The maximum Gasteiger partial charge on any atom is 0.408 e. The van der Waals surface area contributed by atoms with E-state index in [9.17, 15) is 14.5 Å². The first-order chi connectivity index (χ1) is 12.6. The van der Waals surface area contributed by atoms with Crippen molar-refractivity contribution < 1.29 is 14.5 Å². The van der Waals surface area contributed by atoms with Gasteiger partial charge in [-0.1, -0.05) is 91.0 Å². The zero-order valence-electron chi connectivity index (χ0n) is 14.2. The highest BCUT2D eigenvalue weighted by Crippen LogP contribution is 2.44. The van der Waals surface area contributed by atoms with Crippen LogP contribution in [0.25, 0.3) is 0 Å². The Morgan fingerprint density at radius 2 is 1.19 bits per heavy atom. The first kappa shape index (κ1) is 18.0. The summed E-state index contributed by atoms with van der Waals surface area (Å²) in [5.74, 6) is 0. The average Bonchev–Trinajstić information content (AvgIpc) is 2.69. The van der Waals surface area contributed by atoms with Crippen molar-refractivity contribution in [2.24, 2.45) is 0 Å². The largest absolute Gasteiger partial charge is 0.465 e. The molecule has 0 atom stereocenters. The van der Waals surface area contributed by atoms with Crippen molar-refractivity contribution in [1.82, 2.24) is 4.90 Å².